The molecule has 0 aromatic carbocycles. The summed E-state index contributed by atoms with van der Waals surface area (Å²) in [5.41, 5.74) is 0.882. The molecule has 0 radical (unpaired) electrons. The van der Waals surface area contributed by atoms with E-state index < -0.39 is 5.97 Å². The number of aliphatic hydroxyl groups excluding tert-OH is 1. The van der Waals surface area contributed by atoms with Crippen molar-refractivity contribution in [3.8, 4) is 0 Å². The lowest BCUT2D eigenvalue weighted by Crippen LogP contribution is -2.34. The van der Waals surface area contributed by atoms with Gasteiger partial charge in [0, 0.05) is 25.4 Å². The molecule has 0 spiro atoms. The van der Waals surface area contributed by atoms with Gasteiger partial charge < -0.3 is 15.1 Å². The molecule has 0 aliphatic heterocycles. The normalized spacial score (nSPS) is 10.7. The van der Waals surface area contributed by atoms with Gasteiger partial charge in [-0.1, -0.05) is 13.0 Å². The highest BCUT2D eigenvalue weighted by Crippen LogP contribution is 2.06. The maximum absolute atomic E-state index is 12.1. The zero-order chi connectivity index (χ0) is 15.0. The van der Waals surface area contributed by atoms with Gasteiger partial charge in [0.05, 0.1) is 6.61 Å². The van der Waals surface area contributed by atoms with Crippen molar-refractivity contribution in [1.29, 1.82) is 0 Å². The first-order chi connectivity index (χ1) is 9.58. The van der Waals surface area contributed by atoms with Crippen LogP contribution in [0.5, 0.6) is 0 Å². The van der Waals surface area contributed by atoms with E-state index in [1.54, 1.807) is 12.1 Å². The van der Waals surface area contributed by atoms with E-state index in [0.29, 0.717) is 12.1 Å². The van der Waals surface area contributed by atoms with E-state index in [2.05, 4.69) is 4.98 Å². The van der Waals surface area contributed by atoms with Gasteiger partial charge in [0.25, 0.3) is 5.91 Å². The molecular formula is C14H18N2O4. The number of aliphatic carboxylic acids is 1. The zero-order valence-electron chi connectivity index (χ0n) is 11.3. The number of rotatable bonds is 7. The summed E-state index contributed by atoms with van der Waals surface area (Å²) in [4.78, 5) is 28.1. The van der Waals surface area contributed by atoms with Crippen LogP contribution in [0.25, 0.3) is 6.08 Å². The minimum atomic E-state index is -1.04. The van der Waals surface area contributed by atoms with E-state index in [0.717, 1.165) is 12.5 Å². The summed E-state index contributed by atoms with van der Waals surface area (Å²) in [6.07, 6.45) is 4.65. The predicted octanol–water partition coefficient (Wildman–Crippen LogP) is 1.02. The number of hydrogen-bond acceptors (Lipinski definition) is 4. The molecule has 2 N–H and O–H groups in total. The number of pyridine rings is 1. The topological polar surface area (TPSA) is 90.7 Å². The first-order valence-electron chi connectivity index (χ1n) is 6.35. The fourth-order valence-corrected chi connectivity index (χ4v) is 1.67. The van der Waals surface area contributed by atoms with Crippen LogP contribution in [0.15, 0.2) is 24.4 Å². The number of carbonyl (C=O) groups excluding carboxylic acids is 1. The Labute approximate surface area is 117 Å². The second-order valence-electron chi connectivity index (χ2n) is 4.16. The number of carboxylic acid groups (broad SMARTS) is 1. The number of aliphatic hydroxyl groups is 1. The molecule has 20 heavy (non-hydrogen) atoms. The Morgan fingerprint density at radius 2 is 2.10 bits per heavy atom. The third-order valence-corrected chi connectivity index (χ3v) is 2.57. The maximum atomic E-state index is 12.1. The molecule has 0 bridgehead atoms. The highest BCUT2D eigenvalue weighted by atomic mass is 16.4. The summed E-state index contributed by atoms with van der Waals surface area (Å²) in [5, 5.41) is 17.5. The molecule has 1 aromatic heterocycles. The molecule has 0 aliphatic carbocycles. The summed E-state index contributed by atoms with van der Waals surface area (Å²) in [6.45, 7) is 2.69. The van der Waals surface area contributed by atoms with Gasteiger partial charge in [0.15, 0.2) is 0 Å². The molecule has 0 saturated carbocycles. The Morgan fingerprint density at radius 3 is 2.60 bits per heavy atom. The van der Waals surface area contributed by atoms with Crippen LogP contribution in [0.2, 0.25) is 0 Å². The molecule has 0 saturated heterocycles. The summed E-state index contributed by atoms with van der Waals surface area (Å²) >= 11 is 0. The fourth-order valence-electron chi connectivity index (χ4n) is 1.67. The number of aromatic nitrogens is 1. The van der Waals surface area contributed by atoms with Gasteiger partial charge in [0.2, 0.25) is 0 Å². The van der Waals surface area contributed by atoms with Crippen molar-refractivity contribution in [2.75, 3.05) is 19.7 Å². The third-order valence-electron chi connectivity index (χ3n) is 2.57. The van der Waals surface area contributed by atoms with Crippen molar-refractivity contribution in [3.63, 3.8) is 0 Å². The van der Waals surface area contributed by atoms with Crippen LogP contribution in [0.4, 0.5) is 0 Å². The molecule has 6 heteroatoms. The minimum absolute atomic E-state index is 0.0921. The Morgan fingerprint density at radius 1 is 1.35 bits per heavy atom. The molecule has 0 atom stereocenters. The second-order valence-corrected chi connectivity index (χ2v) is 4.16. The van der Waals surface area contributed by atoms with Gasteiger partial charge in [0.1, 0.15) is 5.69 Å². The number of carbonyl (C=O) groups is 2. The van der Waals surface area contributed by atoms with Crippen molar-refractivity contribution < 1.29 is 19.8 Å². The first kappa shape index (κ1) is 15.8. The van der Waals surface area contributed by atoms with Crippen molar-refractivity contribution >= 4 is 18.0 Å². The molecule has 1 amide bonds. The average molecular weight is 278 g/mol. The summed E-state index contributed by atoms with van der Waals surface area (Å²) < 4.78 is 0. The highest BCUT2D eigenvalue weighted by molar-refractivity contribution is 5.92. The SMILES string of the molecule is CCCN(CCO)C(=O)c1ccc(C=CC(=O)O)cn1. The molecule has 1 heterocycles. The van der Waals surface area contributed by atoms with Gasteiger partial charge in [-0.25, -0.2) is 4.79 Å². The zero-order valence-corrected chi connectivity index (χ0v) is 11.3. The van der Waals surface area contributed by atoms with Gasteiger partial charge in [-0.15, -0.1) is 0 Å². The molecule has 108 valence electrons. The van der Waals surface area contributed by atoms with Gasteiger partial charge in [-0.05, 0) is 24.1 Å². The number of carboxylic acids is 1. The number of nitrogens with zero attached hydrogens (tertiary/aromatic N) is 2. The Bertz CT molecular complexity index is 476. The molecule has 0 aliphatic rings. The van der Waals surface area contributed by atoms with Crippen LogP contribution >= 0.6 is 0 Å². The van der Waals surface area contributed by atoms with Crippen LogP contribution in [0, 0.1) is 0 Å². The molecule has 1 rings (SSSR count). The molecular weight excluding hydrogens is 260 g/mol. The van der Waals surface area contributed by atoms with E-state index in [1.165, 1.54) is 17.2 Å². The quantitative estimate of drug-likeness (QED) is 0.727. The maximum Gasteiger partial charge on any atom is 0.328 e. The Balaban J connectivity index is 2.80. The van der Waals surface area contributed by atoms with Crippen LogP contribution in [0.3, 0.4) is 0 Å². The van der Waals surface area contributed by atoms with Crippen LogP contribution in [-0.2, 0) is 4.79 Å². The Kier molecular flexibility index (Phi) is 6.39. The van der Waals surface area contributed by atoms with Crippen molar-refractivity contribution in [1.82, 2.24) is 9.88 Å². The third kappa shape index (κ3) is 4.81. The largest absolute Gasteiger partial charge is 0.478 e. The lowest BCUT2D eigenvalue weighted by atomic mass is 10.2. The molecule has 0 unspecified atom stereocenters. The molecule has 1 aromatic rings. The summed E-state index contributed by atoms with van der Waals surface area (Å²) in [7, 11) is 0. The number of hydrogen-bond donors (Lipinski definition) is 2. The average Bonchev–Trinajstić information content (AvgIpc) is 2.44. The van der Waals surface area contributed by atoms with Crippen molar-refractivity contribution in [2.24, 2.45) is 0 Å². The van der Waals surface area contributed by atoms with E-state index in [9.17, 15) is 9.59 Å². The fraction of sp³-hybridized carbons (Fsp3) is 0.357. The monoisotopic (exact) mass is 278 g/mol. The van der Waals surface area contributed by atoms with Crippen molar-refractivity contribution in [3.05, 3.63) is 35.7 Å². The van der Waals surface area contributed by atoms with Gasteiger partial charge in [-0.3, -0.25) is 9.78 Å². The summed E-state index contributed by atoms with van der Waals surface area (Å²) in [5.74, 6) is -1.28. The molecule has 0 fully saturated rings. The smallest absolute Gasteiger partial charge is 0.328 e. The lowest BCUT2D eigenvalue weighted by Gasteiger charge is -2.20. The summed E-state index contributed by atoms with van der Waals surface area (Å²) in [6, 6.07) is 3.17. The first-order valence-corrected chi connectivity index (χ1v) is 6.35. The highest BCUT2D eigenvalue weighted by Gasteiger charge is 2.15. The van der Waals surface area contributed by atoms with Crippen molar-refractivity contribution in [2.45, 2.75) is 13.3 Å². The van der Waals surface area contributed by atoms with E-state index >= 15 is 0 Å². The number of amides is 1. The van der Waals surface area contributed by atoms with E-state index in [1.807, 2.05) is 6.92 Å². The van der Waals surface area contributed by atoms with Gasteiger partial charge >= 0.3 is 5.97 Å². The second kappa shape index (κ2) is 8.06. The van der Waals surface area contributed by atoms with Crippen LogP contribution < -0.4 is 0 Å². The van der Waals surface area contributed by atoms with Crippen LogP contribution in [0.1, 0.15) is 29.4 Å². The van der Waals surface area contributed by atoms with E-state index in [4.69, 9.17) is 10.2 Å². The Hall–Kier alpha value is -2.21. The van der Waals surface area contributed by atoms with Crippen LogP contribution in [-0.4, -0.2) is 51.7 Å². The van der Waals surface area contributed by atoms with Gasteiger partial charge in [-0.2, -0.15) is 0 Å². The minimum Gasteiger partial charge on any atom is -0.478 e. The lowest BCUT2D eigenvalue weighted by molar-refractivity contribution is -0.131. The standard InChI is InChI=1S/C14H18N2O4/c1-2-7-16(8-9-17)14(20)12-5-3-11(10-15-12)4-6-13(18)19/h3-6,10,17H,2,7-9H2,1H3,(H,18,19). The molecule has 6 nitrogen and oxygen atoms in total. The van der Waals surface area contributed by atoms with E-state index in [-0.39, 0.29) is 24.8 Å². The predicted molar refractivity (Wildman–Crippen MR) is 74.2 cm³/mol.